The second kappa shape index (κ2) is 8.13. The van der Waals surface area contributed by atoms with Crippen LogP contribution in [0.25, 0.3) is 0 Å². The van der Waals surface area contributed by atoms with Crippen molar-refractivity contribution in [1.29, 1.82) is 0 Å². The Balaban J connectivity index is 3.87. The van der Waals surface area contributed by atoms with Gasteiger partial charge in [-0.25, -0.2) is 0 Å². The molecule has 0 bridgehead atoms. The van der Waals surface area contributed by atoms with Gasteiger partial charge in [0, 0.05) is 13.0 Å². The molecule has 0 radical (unpaired) electrons. The summed E-state index contributed by atoms with van der Waals surface area (Å²) in [5, 5.41) is 0. The van der Waals surface area contributed by atoms with E-state index in [9.17, 15) is 0 Å². The molecule has 0 saturated heterocycles. The van der Waals surface area contributed by atoms with Gasteiger partial charge in [0.2, 0.25) is 0 Å². The first-order valence-corrected chi connectivity index (χ1v) is 13.1. The summed E-state index contributed by atoms with van der Waals surface area (Å²) in [5.41, 5.74) is 3.41. The Hall–Kier alpha value is -0.0462. The predicted molar refractivity (Wildman–Crippen MR) is 83.5 cm³/mol. The highest BCUT2D eigenvalue weighted by Gasteiger charge is 2.27. The Morgan fingerprint density at radius 1 is 0.941 bits per heavy atom. The molecule has 0 N–H and O–H groups in total. The zero-order valence-electron chi connectivity index (χ0n) is 12.7. The highest BCUT2D eigenvalue weighted by molar-refractivity contribution is 6.83. The van der Waals surface area contributed by atoms with Crippen LogP contribution in [0, 0.1) is 11.5 Å². The fraction of sp³-hybridized carbons (Fsp3) is 0.857. The molecular weight excluding hydrogens is 240 g/mol. The molecular formula is C14H30OSi2. The fourth-order valence-electron chi connectivity index (χ4n) is 1.83. The third-order valence-corrected chi connectivity index (χ3v) is 8.86. The lowest BCUT2D eigenvalue weighted by molar-refractivity contribution is 0.295. The Morgan fingerprint density at radius 3 is 1.88 bits per heavy atom. The second-order valence-corrected chi connectivity index (χ2v) is 15.3. The maximum absolute atomic E-state index is 6.19. The molecule has 0 aliphatic heterocycles. The van der Waals surface area contributed by atoms with Gasteiger partial charge in [0.15, 0.2) is 8.32 Å². The van der Waals surface area contributed by atoms with Crippen molar-refractivity contribution < 1.29 is 4.43 Å². The monoisotopic (exact) mass is 270 g/mol. The van der Waals surface area contributed by atoms with Gasteiger partial charge in [0.1, 0.15) is 8.07 Å². The van der Waals surface area contributed by atoms with Gasteiger partial charge in [0.05, 0.1) is 0 Å². The van der Waals surface area contributed by atoms with Gasteiger partial charge >= 0.3 is 0 Å². The largest absolute Gasteiger partial charge is 0.417 e. The molecule has 0 aromatic heterocycles. The molecule has 0 amide bonds. The molecule has 0 aliphatic rings. The third-order valence-electron chi connectivity index (χ3n) is 3.25. The summed E-state index contributed by atoms with van der Waals surface area (Å²) >= 11 is 0. The van der Waals surface area contributed by atoms with Crippen LogP contribution in [0.1, 0.15) is 33.6 Å². The quantitative estimate of drug-likeness (QED) is 0.371. The smallest absolute Gasteiger partial charge is 0.191 e. The first kappa shape index (κ1) is 17.0. The lowest BCUT2D eigenvalue weighted by atomic mass is 10.3. The number of rotatable bonds is 7. The summed E-state index contributed by atoms with van der Waals surface area (Å²) < 4.78 is 6.19. The van der Waals surface area contributed by atoms with Gasteiger partial charge in [-0.05, 0) is 24.6 Å². The van der Waals surface area contributed by atoms with Crippen LogP contribution in [-0.4, -0.2) is 23.0 Å². The SMILES string of the molecule is CC[Si](CC)(CC)OCCCC#C[Si](C)(C)C. The van der Waals surface area contributed by atoms with Crippen molar-refractivity contribution in [2.75, 3.05) is 6.61 Å². The van der Waals surface area contributed by atoms with Crippen molar-refractivity contribution in [3.8, 4) is 11.5 Å². The lowest BCUT2D eigenvalue weighted by Gasteiger charge is -2.27. The van der Waals surface area contributed by atoms with Crippen LogP contribution in [0.15, 0.2) is 0 Å². The molecule has 0 rings (SSSR count). The Labute approximate surface area is 110 Å². The molecule has 0 spiro atoms. The third kappa shape index (κ3) is 7.80. The molecule has 1 nitrogen and oxygen atoms in total. The van der Waals surface area contributed by atoms with Gasteiger partial charge in [-0.3, -0.25) is 0 Å². The Bertz CT molecular complexity index is 245. The van der Waals surface area contributed by atoms with Crippen molar-refractivity contribution >= 4 is 16.4 Å². The van der Waals surface area contributed by atoms with Crippen molar-refractivity contribution in [1.82, 2.24) is 0 Å². The van der Waals surface area contributed by atoms with Crippen LogP contribution in [0.3, 0.4) is 0 Å². The summed E-state index contributed by atoms with van der Waals surface area (Å²) in [6.07, 6.45) is 2.11. The molecule has 0 atom stereocenters. The molecule has 0 aliphatic carbocycles. The maximum Gasteiger partial charge on any atom is 0.191 e. The van der Waals surface area contributed by atoms with Gasteiger partial charge in [0.25, 0.3) is 0 Å². The summed E-state index contributed by atoms with van der Waals surface area (Å²) in [7, 11) is -2.52. The average Bonchev–Trinajstić information content (AvgIpc) is 2.28. The number of hydrogen-bond acceptors (Lipinski definition) is 1. The molecule has 0 heterocycles. The van der Waals surface area contributed by atoms with Crippen molar-refractivity contribution in [3.05, 3.63) is 0 Å². The first-order chi connectivity index (χ1) is 7.89. The summed E-state index contributed by atoms with van der Waals surface area (Å²) in [4.78, 5) is 0. The van der Waals surface area contributed by atoms with E-state index < -0.39 is 16.4 Å². The fourth-order valence-corrected chi connectivity index (χ4v) is 5.18. The highest BCUT2D eigenvalue weighted by atomic mass is 28.4. The minimum atomic E-state index is -1.35. The zero-order chi connectivity index (χ0) is 13.4. The normalized spacial score (nSPS) is 12.1. The number of hydrogen-bond donors (Lipinski definition) is 0. The predicted octanol–water partition coefficient (Wildman–Crippen LogP) is 4.67. The molecule has 0 fully saturated rings. The molecule has 100 valence electrons. The molecule has 0 aromatic carbocycles. The van der Waals surface area contributed by atoms with E-state index in [2.05, 4.69) is 51.9 Å². The summed E-state index contributed by atoms with van der Waals surface area (Å²) in [6.45, 7) is 14.6. The minimum absolute atomic E-state index is 0.919. The van der Waals surface area contributed by atoms with E-state index in [1.165, 1.54) is 18.1 Å². The van der Waals surface area contributed by atoms with Crippen LogP contribution in [-0.2, 0) is 4.43 Å². The molecule has 0 unspecified atom stereocenters. The van der Waals surface area contributed by atoms with E-state index in [0.29, 0.717) is 0 Å². The molecule has 0 saturated carbocycles. The van der Waals surface area contributed by atoms with E-state index in [1.54, 1.807) is 0 Å². The maximum atomic E-state index is 6.19. The molecule has 17 heavy (non-hydrogen) atoms. The van der Waals surface area contributed by atoms with E-state index in [0.717, 1.165) is 19.4 Å². The van der Waals surface area contributed by atoms with Crippen molar-refractivity contribution in [2.45, 2.75) is 71.4 Å². The van der Waals surface area contributed by atoms with Gasteiger partial charge in [-0.1, -0.05) is 40.4 Å². The van der Waals surface area contributed by atoms with E-state index >= 15 is 0 Å². The van der Waals surface area contributed by atoms with Gasteiger partial charge in [-0.2, -0.15) is 0 Å². The van der Waals surface area contributed by atoms with Gasteiger partial charge in [-0.15, -0.1) is 11.5 Å². The van der Waals surface area contributed by atoms with Gasteiger partial charge < -0.3 is 4.43 Å². The minimum Gasteiger partial charge on any atom is -0.417 e. The average molecular weight is 271 g/mol. The summed E-state index contributed by atoms with van der Waals surface area (Å²) in [5.74, 6) is 3.31. The van der Waals surface area contributed by atoms with E-state index in [-0.39, 0.29) is 0 Å². The van der Waals surface area contributed by atoms with E-state index in [4.69, 9.17) is 4.43 Å². The number of unbranched alkanes of at least 4 members (excludes halogenated alkanes) is 1. The first-order valence-electron chi connectivity index (χ1n) is 7.03. The molecule has 0 aromatic rings. The highest BCUT2D eigenvalue weighted by Crippen LogP contribution is 2.21. The topological polar surface area (TPSA) is 9.23 Å². The molecule has 3 heteroatoms. The van der Waals surface area contributed by atoms with Crippen molar-refractivity contribution in [3.63, 3.8) is 0 Å². The second-order valence-electron chi connectivity index (χ2n) is 5.75. The summed E-state index contributed by atoms with van der Waals surface area (Å²) in [6, 6.07) is 3.75. The zero-order valence-corrected chi connectivity index (χ0v) is 14.7. The van der Waals surface area contributed by atoms with Crippen molar-refractivity contribution in [2.24, 2.45) is 0 Å². The van der Waals surface area contributed by atoms with E-state index in [1.807, 2.05) is 0 Å². The van der Waals surface area contributed by atoms with Crippen LogP contribution in [0.2, 0.25) is 37.8 Å². The van der Waals surface area contributed by atoms with Crippen LogP contribution in [0.5, 0.6) is 0 Å². The standard InChI is InChI=1S/C14H30OSi2/c1-7-17(8-2,9-3)15-13-11-10-12-14-16(4,5)6/h7-11,13H2,1-6H3. The Morgan fingerprint density at radius 2 is 1.47 bits per heavy atom. The van der Waals surface area contributed by atoms with Crippen LogP contribution < -0.4 is 0 Å². The van der Waals surface area contributed by atoms with Crippen LogP contribution >= 0.6 is 0 Å². The van der Waals surface area contributed by atoms with Crippen LogP contribution in [0.4, 0.5) is 0 Å². The lowest BCUT2D eigenvalue weighted by Crippen LogP contribution is -2.36. The Kier molecular flexibility index (Phi) is 8.10.